The summed E-state index contributed by atoms with van der Waals surface area (Å²) >= 11 is 0. The van der Waals surface area contributed by atoms with Gasteiger partial charge in [-0.15, -0.1) is 0 Å². The second kappa shape index (κ2) is 11.3. The van der Waals surface area contributed by atoms with Gasteiger partial charge in [0.25, 0.3) is 5.91 Å². The van der Waals surface area contributed by atoms with Gasteiger partial charge in [-0.25, -0.2) is 13.2 Å². The zero-order chi connectivity index (χ0) is 24.7. The monoisotopic (exact) mass is 491 g/mol. The molecule has 2 amide bonds. The van der Waals surface area contributed by atoms with Crippen LogP contribution >= 0.6 is 0 Å². The van der Waals surface area contributed by atoms with E-state index in [0.29, 0.717) is 24.6 Å². The number of ether oxygens (including phenoxy) is 3. The van der Waals surface area contributed by atoms with Crippen molar-refractivity contribution in [2.24, 2.45) is 5.92 Å². The number of amides is 2. The second-order valence-electron chi connectivity index (χ2n) is 8.03. The lowest BCUT2D eigenvalue weighted by molar-refractivity contribution is 0.0730. The normalized spacial score (nSPS) is 14.5. The Morgan fingerprint density at radius 2 is 1.74 bits per heavy atom. The van der Waals surface area contributed by atoms with Crippen LogP contribution in [0.3, 0.4) is 0 Å². The zero-order valence-electron chi connectivity index (χ0n) is 19.4. The molecular weight excluding hydrogens is 462 g/mol. The Hall–Kier alpha value is -3.15. The minimum absolute atomic E-state index is 0.0105. The lowest BCUT2D eigenvalue weighted by Gasteiger charge is -2.26. The van der Waals surface area contributed by atoms with Gasteiger partial charge in [0.15, 0.2) is 0 Å². The first kappa shape index (κ1) is 25.5. The number of morpholine rings is 1. The number of rotatable bonds is 8. The van der Waals surface area contributed by atoms with Crippen LogP contribution in [0.4, 0.5) is 16.2 Å². The van der Waals surface area contributed by atoms with Crippen molar-refractivity contribution in [1.29, 1.82) is 0 Å². The number of methoxy groups -OCH3 is 1. The van der Waals surface area contributed by atoms with Gasteiger partial charge in [-0.2, -0.15) is 4.31 Å². The molecule has 1 fully saturated rings. The summed E-state index contributed by atoms with van der Waals surface area (Å²) in [6.45, 7) is 5.27. The molecule has 0 radical (unpaired) electrons. The van der Waals surface area contributed by atoms with E-state index in [1.54, 1.807) is 24.3 Å². The molecule has 1 aliphatic rings. The molecule has 1 saturated heterocycles. The van der Waals surface area contributed by atoms with Crippen molar-refractivity contribution in [1.82, 2.24) is 4.31 Å². The van der Waals surface area contributed by atoms with Gasteiger partial charge in [0.1, 0.15) is 5.75 Å². The fourth-order valence-electron chi connectivity index (χ4n) is 3.23. The highest BCUT2D eigenvalue weighted by Crippen LogP contribution is 2.26. The first-order valence-corrected chi connectivity index (χ1v) is 12.3. The maximum atomic E-state index is 13.0. The van der Waals surface area contributed by atoms with Crippen LogP contribution in [0.5, 0.6) is 5.75 Å². The fraction of sp³-hybridized carbons (Fsp3) is 0.391. The van der Waals surface area contributed by atoms with Gasteiger partial charge >= 0.3 is 6.09 Å². The van der Waals surface area contributed by atoms with E-state index in [1.165, 1.54) is 29.6 Å². The van der Waals surface area contributed by atoms with Crippen molar-refractivity contribution in [2.45, 2.75) is 18.7 Å². The molecule has 0 unspecified atom stereocenters. The van der Waals surface area contributed by atoms with Crippen molar-refractivity contribution >= 4 is 33.4 Å². The van der Waals surface area contributed by atoms with Crippen LogP contribution in [-0.2, 0) is 19.5 Å². The minimum Gasteiger partial charge on any atom is -0.496 e. The van der Waals surface area contributed by atoms with E-state index in [-0.39, 0.29) is 41.8 Å². The average molecular weight is 492 g/mol. The molecule has 2 N–H and O–H groups in total. The third kappa shape index (κ3) is 6.46. The Balaban J connectivity index is 1.78. The molecule has 0 aromatic heterocycles. The third-order valence-electron chi connectivity index (χ3n) is 4.94. The zero-order valence-corrected chi connectivity index (χ0v) is 20.2. The molecule has 1 aliphatic heterocycles. The van der Waals surface area contributed by atoms with E-state index in [4.69, 9.17) is 14.2 Å². The number of sulfonamides is 1. The molecule has 0 aliphatic carbocycles. The summed E-state index contributed by atoms with van der Waals surface area (Å²) in [5.41, 5.74) is 0.892. The summed E-state index contributed by atoms with van der Waals surface area (Å²) in [4.78, 5) is 24.9. The van der Waals surface area contributed by atoms with Crippen LogP contribution in [0.1, 0.15) is 24.2 Å². The molecule has 11 heteroatoms. The summed E-state index contributed by atoms with van der Waals surface area (Å²) in [6, 6.07) is 10.7. The van der Waals surface area contributed by atoms with Crippen LogP contribution in [-0.4, -0.2) is 64.7 Å². The first-order valence-electron chi connectivity index (χ1n) is 10.8. The van der Waals surface area contributed by atoms with Crippen LogP contribution in [0.25, 0.3) is 0 Å². The summed E-state index contributed by atoms with van der Waals surface area (Å²) in [5, 5.41) is 5.32. The van der Waals surface area contributed by atoms with E-state index in [9.17, 15) is 18.0 Å². The lowest BCUT2D eigenvalue weighted by Crippen LogP contribution is -2.40. The molecule has 3 rings (SSSR count). The van der Waals surface area contributed by atoms with Gasteiger partial charge in [0, 0.05) is 24.5 Å². The molecule has 0 spiro atoms. The number of benzene rings is 2. The molecule has 0 atom stereocenters. The Labute approximate surface area is 199 Å². The molecule has 34 heavy (non-hydrogen) atoms. The molecule has 184 valence electrons. The molecule has 2 aromatic rings. The van der Waals surface area contributed by atoms with Crippen LogP contribution in [0.2, 0.25) is 0 Å². The van der Waals surface area contributed by atoms with Crippen molar-refractivity contribution in [2.75, 3.05) is 50.7 Å². The van der Waals surface area contributed by atoms with Gasteiger partial charge in [0.2, 0.25) is 10.0 Å². The largest absolute Gasteiger partial charge is 0.496 e. The smallest absolute Gasteiger partial charge is 0.411 e. The van der Waals surface area contributed by atoms with Gasteiger partial charge in [-0.1, -0.05) is 19.9 Å². The summed E-state index contributed by atoms with van der Waals surface area (Å²) in [6.07, 6.45) is -0.597. The minimum atomic E-state index is -3.79. The number of nitrogens with zero attached hydrogens (tertiary/aromatic N) is 1. The molecule has 0 bridgehead atoms. The van der Waals surface area contributed by atoms with Gasteiger partial charge < -0.3 is 19.5 Å². The standard InChI is InChI=1S/C23H29N3O7S/c1-16(2)15-33-23(28)25-18-6-4-5-17(13-18)24-22(27)20-14-19(7-8-21(20)31-3)34(29,30)26-9-11-32-12-10-26/h4-8,13-14,16H,9-12,15H2,1-3H3,(H,24,27)(H,25,28). The molecule has 1 heterocycles. The van der Waals surface area contributed by atoms with Gasteiger partial charge in [0.05, 0.1) is 37.4 Å². The predicted octanol–water partition coefficient (Wildman–Crippen LogP) is 3.17. The van der Waals surface area contributed by atoms with E-state index in [1.807, 2.05) is 13.8 Å². The van der Waals surface area contributed by atoms with Crippen molar-refractivity contribution in [3.63, 3.8) is 0 Å². The maximum Gasteiger partial charge on any atom is 0.411 e. The number of nitrogens with one attached hydrogen (secondary N) is 2. The predicted molar refractivity (Wildman–Crippen MR) is 127 cm³/mol. The van der Waals surface area contributed by atoms with Gasteiger partial charge in [-0.05, 0) is 42.3 Å². The number of hydrogen-bond acceptors (Lipinski definition) is 7. The van der Waals surface area contributed by atoms with Crippen LogP contribution in [0.15, 0.2) is 47.4 Å². The quantitative estimate of drug-likeness (QED) is 0.581. The van der Waals surface area contributed by atoms with E-state index in [2.05, 4.69) is 10.6 Å². The van der Waals surface area contributed by atoms with E-state index >= 15 is 0 Å². The Bertz CT molecular complexity index is 1130. The van der Waals surface area contributed by atoms with Crippen LogP contribution < -0.4 is 15.4 Å². The third-order valence-corrected chi connectivity index (χ3v) is 6.83. The fourth-order valence-corrected chi connectivity index (χ4v) is 4.67. The van der Waals surface area contributed by atoms with E-state index < -0.39 is 22.0 Å². The highest BCUT2D eigenvalue weighted by Gasteiger charge is 2.28. The van der Waals surface area contributed by atoms with E-state index in [0.717, 1.165) is 0 Å². The Kier molecular flexibility index (Phi) is 8.48. The Morgan fingerprint density at radius 1 is 1.06 bits per heavy atom. The lowest BCUT2D eigenvalue weighted by atomic mass is 10.1. The topological polar surface area (TPSA) is 123 Å². The average Bonchev–Trinajstić information content (AvgIpc) is 2.83. The van der Waals surface area contributed by atoms with Gasteiger partial charge in [-0.3, -0.25) is 10.1 Å². The highest BCUT2D eigenvalue weighted by atomic mass is 32.2. The van der Waals surface area contributed by atoms with Crippen molar-refractivity contribution in [3.05, 3.63) is 48.0 Å². The number of anilines is 2. The maximum absolute atomic E-state index is 13.0. The molecule has 0 saturated carbocycles. The summed E-state index contributed by atoms with van der Waals surface area (Å²) in [7, 11) is -2.39. The van der Waals surface area contributed by atoms with Crippen molar-refractivity contribution in [3.8, 4) is 5.75 Å². The molecule has 2 aromatic carbocycles. The summed E-state index contributed by atoms with van der Waals surface area (Å²) < 4.78 is 42.9. The SMILES string of the molecule is COc1ccc(S(=O)(=O)N2CCOCC2)cc1C(=O)Nc1cccc(NC(=O)OCC(C)C)c1. The van der Waals surface area contributed by atoms with Crippen LogP contribution in [0, 0.1) is 5.92 Å². The summed E-state index contributed by atoms with van der Waals surface area (Å²) in [5.74, 6) is -0.130. The van der Waals surface area contributed by atoms with Crippen molar-refractivity contribution < 1.29 is 32.2 Å². The highest BCUT2D eigenvalue weighted by molar-refractivity contribution is 7.89. The number of hydrogen-bond donors (Lipinski definition) is 2. The molecule has 10 nitrogen and oxygen atoms in total. The second-order valence-corrected chi connectivity index (χ2v) is 9.97. The first-order chi connectivity index (χ1) is 16.2. The number of carbonyl (C=O) groups is 2. The molecular formula is C23H29N3O7S. The number of carbonyl (C=O) groups excluding carboxylic acids is 2. The Morgan fingerprint density at radius 3 is 2.38 bits per heavy atom.